The molecule has 3 heterocycles. The Hall–Kier alpha value is -3.50. The van der Waals surface area contributed by atoms with Gasteiger partial charge in [-0.05, 0) is 31.2 Å². The number of hydrogen-bond acceptors (Lipinski definition) is 4. The molecule has 2 N–H and O–H groups in total. The first kappa shape index (κ1) is 20.8. The highest BCUT2D eigenvalue weighted by atomic mass is 19.4. The third-order valence-electron chi connectivity index (χ3n) is 4.72. The molecule has 0 radical (unpaired) electrons. The van der Waals surface area contributed by atoms with Crippen molar-refractivity contribution in [2.45, 2.75) is 25.6 Å². The zero-order valence-electron chi connectivity index (χ0n) is 16.2. The Bertz CT molecular complexity index is 1220. The number of amides is 1. The first-order valence-corrected chi connectivity index (χ1v) is 9.34. The van der Waals surface area contributed by atoms with Crippen LogP contribution in [0.25, 0.3) is 16.8 Å². The van der Waals surface area contributed by atoms with Crippen LogP contribution in [0.2, 0.25) is 0 Å². The Morgan fingerprint density at radius 2 is 1.94 bits per heavy atom. The van der Waals surface area contributed by atoms with E-state index in [9.17, 15) is 22.8 Å². The van der Waals surface area contributed by atoms with Gasteiger partial charge in [0.1, 0.15) is 24.4 Å². The fraction of sp³-hybridized carbons (Fsp3) is 0.300. The fourth-order valence-electron chi connectivity index (χ4n) is 3.37. The molecular formula is C20H17F4N3O4. The summed E-state index contributed by atoms with van der Waals surface area (Å²) in [7, 11) is 0. The molecule has 1 amide bonds. The van der Waals surface area contributed by atoms with Crippen molar-refractivity contribution in [1.29, 1.82) is 0 Å². The Balaban J connectivity index is 1.68. The van der Waals surface area contributed by atoms with Crippen LogP contribution >= 0.6 is 0 Å². The van der Waals surface area contributed by atoms with Crippen molar-refractivity contribution in [3.63, 3.8) is 0 Å². The van der Waals surface area contributed by atoms with Gasteiger partial charge in [-0.2, -0.15) is 17.6 Å². The molecule has 3 aromatic rings. The maximum atomic E-state index is 15.2. The Labute approximate surface area is 172 Å². The molecule has 2 aromatic heterocycles. The van der Waals surface area contributed by atoms with Gasteiger partial charge in [-0.3, -0.25) is 14.0 Å². The average Bonchev–Trinajstić information content (AvgIpc) is 3.15. The van der Waals surface area contributed by atoms with Crippen LogP contribution in [0.5, 0.6) is 11.5 Å². The number of carbonyl (C=O) groups excluding carboxylic acids is 1. The highest BCUT2D eigenvalue weighted by molar-refractivity contribution is 5.95. The quantitative estimate of drug-likeness (QED) is 0.612. The first-order valence-electron chi connectivity index (χ1n) is 9.34. The average molecular weight is 439 g/mol. The van der Waals surface area contributed by atoms with Crippen LogP contribution in [0.3, 0.4) is 0 Å². The molecule has 0 saturated heterocycles. The van der Waals surface area contributed by atoms with Gasteiger partial charge in [0.05, 0.1) is 12.0 Å². The monoisotopic (exact) mass is 439 g/mol. The first-order chi connectivity index (χ1) is 14.6. The standard InChI is InChI=1S/C20H17F4N3O4/c1-10(8-20(22,23)24)25-18(28)12-6-13-19(29)26-16(17(21)27(13)9-12)11-2-3-14-15(7-11)31-5-4-30-14/h2-3,6-7,9-10H,4-5,8H2,1H3,(H,25,28)(H,26,29)/t10-/m1/s1. The van der Waals surface area contributed by atoms with Crippen LogP contribution in [0, 0.1) is 5.95 Å². The summed E-state index contributed by atoms with van der Waals surface area (Å²) in [6.07, 6.45) is -4.59. The fourth-order valence-corrected chi connectivity index (χ4v) is 3.37. The van der Waals surface area contributed by atoms with E-state index in [1.165, 1.54) is 13.0 Å². The number of H-pyrrole nitrogens is 1. The number of aromatic amines is 1. The molecule has 0 unspecified atom stereocenters. The molecule has 0 fully saturated rings. The summed E-state index contributed by atoms with van der Waals surface area (Å²) in [5, 5.41) is 2.20. The number of benzene rings is 1. The minimum absolute atomic E-state index is 0.137. The molecule has 4 rings (SSSR count). The van der Waals surface area contributed by atoms with Crippen molar-refractivity contribution >= 4 is 11.4 Å². The van der Waals surface area contributed by atoms with Crippen molar-refractivity contribution in [3.05, 3.63) is 52.3 Å². The molecular weight excluding hydrogens is 422 g/mol. The number of hydrogen-bond donors (Lipinski definition) is 2. The van der Waals surface area contributed by atoms with Gasteiger partial charge in [0.15, 0.2) is 11.5 Å². The van der Waals surface area contributed by atoms with Crippen LogP contribution < -0.4 is 20.3 Å². The zero-order chi connectivity index (χ0) is 22.3. The number of nitrogens with one attached hydrogen (secondary N) is 2. The predicted octanol–water partition coefficient (Wildman–Crippen LogP) is 3.28. The van der Waals surface area contributed by atoms with Gasteiger partial charge in [0, 0.05) is 17.8 Å². The van der Waals surface area contributed by atoms with E-state index in [1.807, 2.05) is 0 Å². The van der Waals surface area contributed by atoms with E-state index >= 15 is 4.39 Å². The van der Waals surface area contributed by atoms with Crippen molar-refractivity contribution in [2.75, 3.05) is 13.2 Å². The lowest BCUT2D eigenvalue weighted by molar-refractivity contribution is -0.138. The van der Waals surface area contributed by atoms with E-state index in [0.29, 0.717) is 30.3 Å². The summed E-state index contributed by atoms with van der Waals surface area (Å²) >= 11 is 0. The highest BCUT2D eigenvalue weighted by Crippen LogP contribution is 2.34. The Kier molecular flexibility index (Phi) is 5.11. The summed E-state index contributed by atoms with van der Waals surface area (Å²) in [4.78, 5) is 27.2. The second kappa shape index (κ2) is 7.64. The minimum atomic E-state index is -4.44. The molecule has 0 saturated carbocycles. The van der Waals surface area contributed by atoms with Crippen molar-refractivity contribution in [1.82, 2.24) is 14.7 Å². The van der Waals surface area contributed by atoms with E-state index in [4.69, 9.17) is 9.47 Å². The van der Waals surface area contributed by atoms with Crippen molar-refractivity contribution < 1.29 is 31.8 Å². The molecule has 1 aliphatic rings. The van der Waals surface area contributed by atoms with Gasteiger partial charge >= 0.3 is 6.18 Å². The van der Waals surface area contributed by atoms with Crippen molar-refractivity contribution in [3.8, 4) is 22.8 Å². The third kappa shape index (κ3) is 4.21. The van der Waals surface area contributed by atoms with Gasteiger partial charge in [-0.15, -0.1) is 0 Å². The summed E-state index contributed by atoms with van der Waals surface area (Å²) in [6, 6.07) is 4.58. The predicted molar refractivity (Wildman–Crippen MR) is 102 cm³/mol. The van der Waals surface area contributed by atoms with Crippen molar-refractivity contribution in [2.24, 2.45) is 0 Å². The highest BCUT2D eigenvalue weighted by Gasteiger charge is 2.31. The second-order valence-electron chi connectivity index (χ2n) is 7.16. The van der Waals surface area contributed by atoms with E-state index < -0.39 is 36.1 Å². The topological polar surface area (TPSA) is 84.8 Å². The van der Waals surface area contributed by atoms with Crippen LogP contribution in [0.4, 0.5) is 17.6 Å². The third-order valence-corrected chi connectivity index (χ3v) is 4.72. The normalized spacial score (nSPS) is 14.5. The van der Waals surface area contributed by atoms with Gasteiger partial charge in [0.2, 0.25) is 5.95 Å². The lowest BCUT2D eigenvalue weighted by Gasteiger charge is -2.19. The maximum absolute atomic E-state index is 15.2. The van der Waals surface area contributed by atoms with E-state index in [2.05, 4.69) is 10.3 Å². The maximum Gasteiger partial charge on any atom is 0.391 e. The summed E-state index contributed by atoms with van der Waals surface area (Å²) < 4.78 is 64.4. The molecule has 0 spiro atoms. The second-order valence-corrected chi connectivity index (χ2v) is 7.16. The van der Waals surface area contributed by atoms with Gasteiger partial charge in [-0.25, -0.2) is 0 Å². The van der Waals surface area contributed by atoms with Crippen LogP contribution in [-0.4, -0.2) is 40.7 Å². The smallest absolute Gasteiger partial charge is 0.391 e. The van der Waals surface area contributed by atoms with Crippen LogP contribution in [0.15, 0.2) is 35.3 Å². The molecule has 1 atom stereocenters. The van der Waals surface area contributed by atoms with Gasteiger partial charge in [-0.1, -0.05) is 0 Å². The number of fused-ring (bicyclic) bond motifs is 2. The van der Waals surface area contributed by atoms with E-state index in [-0.39, 0.29) is 16.8 Å². The largest absolute Gasteiger partial charge is 0.486 e. The number of carbonyl (C=O) groups is 1. The Morgan fingerprint density at radius 3 is 2.65 bits per heavy atom. The SMILES string of the molecule is C[C@H](CC(F)(F)F)NC(=O)c1cc2c(=O)[nH]c(-c3ccc4c(c3)OCCO4)c(F)n2c1. The number of nitrogens with zero attached hydrogens (tertiary/aromatic N) is 1. The summed E-state index contributed by atoms with van der Waals surface area (Å²) in [6.45, 7) is 1.92. The summed E-state index contributed by atoms with van der Waals surface area (Å²) in [5.41, 5.74) is -0.791. The van der Waals surface area contributed by atoms with Gasteiger partial charge < -0.3 is 19.8 Å². The number of rotatable bonds is 4. The van der Waals surface area contributed by atoms with Gasteiger partial charge in [0.25, 0.3) is 11.5 Å². The van der Waals surface area contributed by atoms with E-state index in [0.717, 1.165) is 16.7 Å². The molecule has 0 bridgehead atoms. The lowest BCUT2D eigenvalue weighted by atomic mass is 10.1. The van der Waals surface area contributed by atoms with Crippen LogP contribution in [0.1, 0.15) is 23.7 Å². The van der Waals surface area contributed by atoms with Crippen LogP contribution in [-0.2, 0) is 0 Å². The summed E-state index contributed by atoms with van der Waals surface area (Å²) in [5.74, 6) is -0.809. The zero-order valence-corrected chi connectivity index (χ0v) is 16.2. The molecule has 31 heavy (non-hydrogen) atoms. The molecule has 1 aliphatic heterocycles. The molecule has 7 nitrogen and oxygen atoms in total. The molecule has 11 heteroatoms. The minimum Gasteiger partial charge on any atom is -0.486 e. The number of aromatic nitrogens is 2. The Morgan fingerprint density at radius 1 is 1.23 bits per heavy atom. The number of alkyl halides is 3. The lowest BCUT2D eigenvalue weighted by Crippen LogP contribution is -2.35. The van der Waals surface area contributed by atoms with E-state index in [1.54, 1.807) is 12.1 Å². The molecule has 1 aromatic carbocycles. The molecule has 0 aliphatic carbocycles. The number of ether oxygens (including phenoxy) is 2. The molecule has 164 valence electrons. The number of halogens is 4.